The van der Waals surface area contributed by atoms with Crippen LogP contribution in [0.1, 0.15) is 34.1 Å². The van der Waals surface area contributed by atoms with Gasteiger partial charge >= 0.3 is 0 Å². The number of nitrogens with zero attached hydrogens (tertiary/aromatic N) is 3. The van der Waals surface area contributed by atoms with E-state index in [0.29, 0.717) is 6.04 Å². The molecule has 0 radical (unpaired) electrons. The monoisotopic (exact) mass is 263 g/mol. The van der Waals surface area contributed by atoms with Crippen LogP contribution in [0.5, 0.6) is 0 Å². The predicted molar refractivity (Wildman–Crippen MR) is 79.7 cm³/mol. The lowest BCUT2D eigenvalue weighted by Crippen LogP contribution is -2.57. The van der Waals surface area contributed by atoms with Gasteiger partial charge in [-0.25, -0.2) is 9.97 Å². The fraction of sp³-hybridized carbons (Fsp3) is 0.714. The normalized spacial score (nSPS) is 20.1. The zero-order valence-electron chi connectivity index (χ0n) is 12.4. The first-order valence-corrected chi connectivity index (χ1v) is 7.09. The molecule has 0 aliphatic carbocycles. The highest BCUT2D eigenvalue weighted by Gasteiger charge is 2.26. The lowest BCUT2D eigenvalue weighted by Gasteiger charge is -2.39. The summed E-state index contributed by atoms with van der Waals surface area (Å²) in [4.78, 5) is 11.0. The highest BCUT2D eigenvalue weighted by Crippen LogP contribution is 2.19. The van der Waals surface area contributed by atoms with Crippen molar-refractivity contribution in [1.82, 2.24) is 15.3 Å². The molecule has 19 heavy (non-hydrogen) atoms. The van der Waals surface area contributed by atoms with Crippen molar-refractivity contribution in [2.45, 2.75) is 45.7 Å². The molecule has 2 rings (SSSR count). The van der Waals surface area contributed by atoms with E-state index in [1.807, 2.05) is 6.07 Å². The third-order valence-electron chi connectivity index (χ3n) is 3.55. The molecule has 5 heteroatoms. The van der Waals surface area contributed by atoms with E-state index in [0.717, 1.165) is 37.7 Å². The summed E-state index contributed by atoms with van der Waals surface area (Å²) in [5.74, 6) is 1.92. The van der Waals surface area contributed by atoms with Crippen LogP contribution >= 0.6 is 0 Å². The molecule has 1 unspecified atom stereocenters. The van der Waals surface area contributed by atoms with Gasteiger partial charge in [-0.1, -0.05) is 6.92 Å². The number of nitrogens with one attached hydrogen (secondary N) is 2. The largest absolute Gasteiger partial charge is 0.367 e. The van der Waals surface area contributed by atoms with E-state index in [2.05, 4.69) is 53.2 Å². The lowest BCUT2D eigenvalue weighted by atomic mass is 10.0. The van der Waals surface area contributed by atoms with Crippen molar-refractivity contribution in [1.29, 1.82) is 0 Å². The molecule has 1 aromatic heterocycles. The maximum atomic E-state index is 4.41. The van der Waals surface area contributed by atoms with Crippen LogP contribution in [0, 0.1) is 0 Å². The van der Waals surface area contributed by atoms with E-state index in [1.165, 1.54) is 0 Å². The first kappa shape index (κ1) is 14.1. The second-order valence-corrected chi connectivity index (χ2v) is 5.95. The van der Waals surface area contributed by atoms with Gasteiger partial charge in [-0.15, -0.1) is 0 Å². The second-order valence-electron chi connectivity index (χ2n) is 5.95. The van der Waals surface area contributed by atoms with Gasteiger partial charge < -0.3 is 15.5 Å². The molecular formula is C14H25N5. The SMILES string of the molecule is CCC(C)Nc1cc(N2CCNC(C)(C)C2)ncn1. The van der Waals surface area contributed by atoms with E-state index >= 15 is 0 Å². The van der Waals surface area contributed by atoms with Crippen molar-refractivity contribution in [2.75, 3.05) is 29.9 Å². The van der Waals surface area contributed by atoms with E-state index in [-0.39, 0.29) is 5.54 Å². The summed E-state index contributed by atoms with van der Waals surface area (Å²) < 4.78 is 0. The van der Waals surface area contributed by atoms with Crippen molar-refractivity contribution in [3.05, 3.63) is 12.4 Å². The van der Waals surface area contributed by atoms with Gasteiger partial charge in [0, 0.05) is 37.3 Å². The third-order valence-corrected chi connectivity index (χ3v) is 3.55. The summed E-state index contributed by atoms with van der Waals surface area (Å²) in [7, 11) is 0. The number of piperazine rings is 1. The molecule has 1 aromatic rings. The molecule has 2 N–H and O–H groups in total. The van der Waals surface area contributed by atoms with Crippen LogP contribution in [0.15, 0.2) is 12.4 Å². The van der Waals surface area contributed by atoms with E-state index in [4.69, 9.17) is 0 Å². The minimum atomic E-state index is 0.132. The summed E-state index contributed by atoms with van der Waals surface area (Å²) in [6, 6.07) is 2.48. The molecule has 0 aromatic carbocycles. The Hall–Kier alpha value is -1.36. The molecule has 1 aliphatic rings. The molecule has 0 bridgehead atoms. The van der Waals surface area contributed by atoms with Gasteiger partial charge in [-0.05, 0) is 27.2 Å². The molecule has 1 saturated heterocycles. The number of rotatable bonds is 4. The molecule has 1 atom stereocenters. The Balaban J connectivity index is 2.10. The summed E-state index contributed by atoms with van der Waals surface area (Å²) in [6.07, 6.45) is 2.73. The fourth-order valence-electron chi connectivity index (χ4n) is 2.29. The van der Waals surface area contributed by atoms with Gasteiger partial charge in [0.1, 0.15) is 18.0 Å². The van der Waals surface area contributed by atoms with Gasteiger partial charge in [-0.2, -0.15) is 0 Å². The average Bonchev–Trinajstić information content (AvgIpc) is 2.38. The van der Waals surface area contributed by atoms with Crippen LogP contribution in [0.2, 0.25) is 0 Å². The van der Waals surface area contributed by atoms with Crippen molar-refractivity contribution in [3.8, 4) is 0 Å². The summed E-state index contributed by atoms with van der Waals surface area (Å²) in [5, 5.41) is 6.91. The van der Waals surface area contributed by atoms with Gasteiger partial charge in [0.05, 0.1) is 0 Å². The van der Waals surface area contributed by atoms with Crippen LogP contribution in [0.25, 0.3) is 0 Å². The minimum Gasteiger partial charge on any atom is -0.367 e. The Morgan fingerprint density at radius 3 is 2.95 bits per heavy atom. The quantitative estimate of drug-likeness (QED) is 0.868. The highest BCUT2D eigenvalue weighted by molar-refractivity contribution is 5.49. The smallest absolute Gasteiger partial charge is 0.134 e. The fourth-order valence-corrected chi connectivity index (χ4v) is 2.29. The lowest BCUT2D eigenvalue weighted by molar-refractivity contribution is 0.351. The zero-order valence-corrected chi connectivity index (χ0v) is 12.4. The Bertz CT molecular complexity index is 418. The number of aromatic nitrogens is 2. The van der Waals surface area contributed by atoms with Crippen LogP contribution in [0.3, 0.4) is 0 Å². The molecule has 2 heterocycles. The number of hydrogen-bond donors (Lipinski definition) is 2. The summed E-state index contributed by atoms with van der Waals surface area (Å²) >= 11 is 0. The van der Waals surface area contributed by atoms with Crippen molar-refractivity contribution in [3.63, 3.8) is 0 Å². The van der Waals surface area contributed by atoms with Crippen LogP contribution in [0.4, 0.5) is 11.6 Å². The van der Waals surface area contributed by atoms with E-state index < -0.39 is 0 Å². The van der Waals surface area contributed by atoms with Crippen LogP contribution in [-0.2, 0) is 0 Å². The molecule has 0 saturated carbocycles. The van der Waals surface area contributed by atoms with Gasteiger partial charge in [0.15, 0.2) is 0 Å². The maximum absolute atomic E-state index is 4.41. The molecule has 0 spiro atoms. The first-order valence-electron chi connectivity index (χ1n) is 7.09. The van der Waals surface area contributed by atoms with Crippen molar-refractivity contribution in [2.24, 2.45) is 0 Å². The molecule has 0 amide bonds. The molecule has 1 fully saturated rings. The Morgan fingerprint density at radius 2 is 2.26 bits per heavy atom. The van der Waals surface area contributed by atoms with Gasteiger partial charge in [0.2, 0.25) is 0 Å². The maximum Gasteiger partial charge on any atom is 0.134 e. The molecule has 1 aliphatic heterocycles. The highest BCUT2D eigenvalue weighted by atomic mass is 15.3. The van der Waals surface area contributed by atoms with E-state index in [9.17, 15) is 0 Å². The number of anilines is 2. The molecule has 106 valence electrons. The van der Waals surface area contributed by atoms with Crippen molar-refractivity contribution < 1.29 is 0 Å². The molecular weight excluding hydrogens is 238 g/mol. The number of hydrogen-bond acceptors (Lipinski definition) is 5. The average molecular weight is 263 g/mol. The zero-order chi connectivity index (χ0) is 13.9. The topological polar surface area (TPSA) is 53.1 Å². The van der Waals surface area contributed by atoms with Gasteiger partial charge in [-0.3, -0.25) is 0 Å². The van der Waals surface area contributed by atoms with Crippen molar-refractivity contribution >= 4 is 11.6 Å². The first-order chi connectivity index (χ1) is 9.00. The Kier molecular flexibility index (Phi) is 4.24. The Morgan fingerprint density at radius 1 is 1.47 bits per heavy atom. The summed E-state index contributed by atoms with van der Waals surface area (Å²) in [6.45, 7) is 11.7. The predicted octanol–water partition coefficient (Wildman–Crippen LogP) is 1.88. The van der Waals surface area contributed by atoms with E-state index in [1.54, 1.807) is 6.33 Å². The summed E-state index contributed by atoms with van der Waals surface area (Å²) in [5.41, 5.74) is 0.132. The second kappa shape index (κ2) is 5.74. The Labute approximate surface area is 115 Å². The standard InChI is InChI=1S/C14H25N5/c1-5-11(2)18-12-8-13(16-10-15-12)19-7-6-17-14(3,4)9-19/h8,10-11,17H,5-7,9H2,1-4H3,(H,15,16,18). The van der Waals surface area contributed by atoms with Crippen LogP contribution < -0.4 is 15.5 Å². The van der Waals surface area contributed by atoms with Crippen LogP contribution in [-0.4, -0.2) is 41.2 Å². The minimum absolute atomic E-state index is 0.132. The third kappa shape index (κ3) is 3.80. The molecule has 5 nitrogen and oxygen atoms in total. The van der Waals surface area contributed by atoms with Gasteiger partial charge in [0.25, 0.3) is 0 Å².